The quantitative estimate of drug-likeness (QED) is 0.163. The van der Waals surface area contributed by atoms with Crippen LogP contribution in [0.15, 0.2) is 12.2 Å². The number of unbranched alkanes of at least 4 members (excludes halogenated alkanes) is 14. The Morgan fingerprint density at radius 1 is 0.577 bits per heavy atom. The Morgan fingerprint density at radius 3 is 1.27 bits per heavy atom. The molecule has 0 bridgehead atoms. The standard InChI is InChI=1S/C24H48N.Li.H/c1-4-7-10-12-14-16-18-20-23-25(22-9-6-3)24-21-19-17-15-13-11-8-5-2;;/h6,9H,3-5,7-8,10-24H2,1-2H3;;/b9-6+;;. The molecule has 0 unspecified atom stereocenters. The molecular formula is C24H49LiN. The van der Waals surface area contributed by atoms with Crippen molar-refractivity contribution in [3.63, 3.8) is 0 Å². The molecule has 0 fully saturated rings. The second kappa shape index (κ2) is 25.3. The summed E-state index contributed by atoms with van der Waals surface area (Å²) in [6.45, 7) is 12.1. The van der Waals surface area contributed by atoms with Crippen LogP contribution in [0.4, 0.5) is 0 Å². The van der Waals surface area contributed by atoms with Crippen LogP contribution in [0.2, 0.25) is 0 Å². The topological polar surface area (TPSA) is 3.24 Å². The van der Waals surface area contributed by atoms with E-state index in [4.69, 9.17) is 0 Å². The predicted octanol–water partition coefficient (Wildman–Crippen LogP) is 7.31. The van der Waals surface area contributed by atoms with Gasteiger partial charge in [-0.05, 0) is 32.9 Å². The molecule has 0 amide bonds. The number of rotatable bonds is 20. The van der Waals surface area contributed by atoms with E-state index >= 15 is 0 Å². The second-order valence-electron chi connectivity index (χ2n) is 7.72. The van der Waals surface area contributed by atoms with Crippen molar-refractivity contribution in [2.75, 3.05) is 19.6 Å². The molecule has 0 saturated heterocycles. The summed E-state index contributed by atoms with van der Waals surface area (Å²) in [5.41, 5.74) is 0. The zero-order valence-corrected chi connectivity index (χ0v) is 17.7. The van der Waals surface area contributed by atoms with Crippen molar-refractivity contribution in [1.82, 2.24) is 4.90 Å². The Bertz CT molecular complexity index is 245. The molecule has 0 aliphatic carbocycles. The van der Waals surface area contributed by atoms with Crippen LogP contribution in [-0.2, 0) is 0 Å². The van der Waals surface area contributed by atoms with Crippen molar-refractivity contribution in [2.24, 2.45) is 0 Å². The molecule has 0 aromatic heterocycles. The van der Waals surface area contributed by atoms with Gasteiger partial charge in [0.1, 0.15) is 0 Å². The molecule has 0 aliphatic heterocycles. The molecule has 0 N–H and O–H groups in total. The summed E-state index contributed by atoms with van der Waals surface area (Å²) in [5.74, 6) is 0. The van der Waals surface area contributed by atoms with Gasteiger partial charge in [0, 0.05) is 6.54 Å². The van der Waals surface area contributed by atoms with Crippen LogP contribution < -0.4 is 0 Å². The van der Waals surface area contributed by atoms with Crippen LogP contribution in [0.5, 0.6) is 0 Å². The van der Waals surface area contributed by atoms with E-state index in [2.05, 4.69) is 31.7 Å². The van der Waals surface area contributed by atoms with Gasteiger partial charge >= 0.3 is 18.9 Å². The van der Waals surface area contributed by atoms with Crippen LogP contribution >= 0.6 is 0 Å². The first-order chi connectivity index (χ1) is 12.3. The summed E-state index contributed by atoms with van der Waals surface area (Å²) < 4.78 is 0. The molecule has 0 atom stereocenters. The number of allylic oxidation sites excluding steroid dienone is 1. The van der Waals surface area contributed by atoms with Crippen molar-refractivity contribution in [2.45, 2.75) is 117 Å². The van der Waals surface area contributed by atoms with Crippen molar-refractivity contribution in [3.8, 4) is 0 Å². The van der Waals surface area contributed by atoms with Gasteiger partial charge in [0.05, 0.1) is 0 Å². The van der Waals surface area contributed by atoms with E-state index in [1.54, 1.807) is 0 Å². The van der Waals surface area contributed by atoms with Crippen molar-refractivity contribution >= 4 is 18.9 Å². The Kier molecular flexibility index (Phi) is 27.7. The van der Waals surface area contributed by atoms with E-state index in [0.717, 1.165) is 6.54 Å². The first-order valence-corrected chi connectivity index (χ1v) is 11.5. The average molecular weight is 359 g/mol. The molecule has 0 saturated carbocycles. The monoisotopic (exact) mass is 358 g/mol. The third-order valence-electron chi connectivity index (χ3n) is 5.19. The Morgan fingerprint density at radius 2 is 0.923 bits per heavy atom. The zero-order chi connectivity index (χ0) is 18.4. The van der Waals surface area contributed by atoms with Crippen LogP contribution in [0.3, 0.4) is 0 Å². The minimum absolute atomic E-state index is 0. The van der Waals surface area contributed by atoms with Gasteiger partial charge in [0.15, 0.2) is 0 Å². The third-order valence-corrected chi connectivity index (χ3v) is 5.19. The molecule has 0 rings (SSSR count). The maximum absolute atomic E-state index is 3.84. The summed E-state index contributed by atoms with van der Waals surface area (Å²) in [6, 6.07) is 0. The van der Waals surface area contributed by atoms with E-state index in [-0.39, 0.29) is 18.9 Å². The average Bonchev–Trinajstić information content (AvgIpc) is 2.63. The molecule has 1 nitrogen and oxygen atoms in total. The summed E-state index contributed by atoms with van der Waals surface area (Å²) in [5, 5.41) is 0. The Hall–Kier alpha value is 0.297. The molecular weight excluding hydrogens is 309 g/mol. The fourth-order valence-electron chi connectivity index (χ4n) is 3.46. The molecule has 1 radical (unpaired) electrons. The molecule has 151 valence electrons. The van der Waals surface area contributed by atoms with E-state index < -0.39 is 0 Å². The van der Waals surface area contributed by atoms with E-state index in [0.29, 0.717) is 0 Å². The van der Waals surface area contributed by atoms with E-state index in [9.17, 15) is 0 Å². The van der Waals surface area contributed by atoms with Gasteiger partial charge in [0.2, 0.25) is 0 Å². The predicted molar refractivity (Wildman–Crippen MR) is 123 cm³/mol. The van der Waals surface area contributed by atoms with Gasteiger partial charge in [-0.3, -0.25) is 4.90 Å². The summed E-state index contributed by atoms with van der Waals surface area (Å²) in [6.07, 6.45) is 26.8. The number of nitrogens with zero attached hydrogens (tertiary/aromatic N) is 1. The van der Waals surface area contributed by atoms with Crippen molar-refractivity contribution < 1.29 is 0 Å². The first-order valence-electron chi connectivity index (χ1n) is 11.5. The summed E-state index contributed by atoms with van der Waals surface area (Å²) in [7, 11) is 0. The van der Waals surface area contributed by atoms with Gasteiger partial charge in [-0.25, -0.2) is 0 Å². The van der Waals surface area contributed by atoms with Crippen molar-refractivity contribution in [1.29, 1.82) is 0 Å². The van der Waals surface area contributed by atoms with Crippen LogP contribution in [0.25, 0.3) is 0 Å². The van der Waals surface area contributed by atoms with Gasteiger partial charge in [-0.2, -0.15) is 0 Å². The zero-order valence-electron chi connectivity index (χ0n) is 17.7. The van der Waals surface area contributed by atoms with Crippen molar-refractivity contribution in [3.05, 3.63) is 19.1 Å². The summed E-state index contributed by atoms with van der Waals surface area (Å²) >= 11 is 0. The SMILES string of the molecule is [CH2]/C=C/CN(CCCCCCCCCC)CCCCCCCCCC.[LiH]. The van der Waals surface area contributed by atoms with Crippen LogP contribution in [0.1, 0.15) is 117 Å². The maximum atomic E-state index is 3.84. The normalized spacial score (nSPS) is 11.4. The molecule has 0 aromatic carbocycles. The number of hydrogen-bond acceptors (Lipinski definition) is 1. The third kappa shape index (κ3) is 22.3. The molecule has 0 spiro atoms. The fraction of sp³-hybridized carbons (Fsp3) is 0.875. The Labute approximate surface area is 179 Å². The van der Waals surface area contributed by atoms with Gasteiger partial charge in [-0.15, -0.1) is 0 Å². The van der Waals surface area contributed by atoms with Gasteiger partial charge < -0.3 is 0 Å². The molecule has 0 aromatic rings. The van der Waals surface area contributed by atoms with Crippen LogP contribution in [0, 0.1) is 6.92 Å². The van der Waals surface area contributed by atoms with E-state index in [1.165, 1.54) is 116 Å². The molecule has 26 heavy (non-hydrogen) atoms. The summed E-state index contributed by atoms with van der Waals surface area (Å²) in [4.78, 5) is 2.63. The molecule has 0 aliphatic rings. The second-order valence-corrected chi connectivity index (χ2v) is 7.72. The van der Waals surface area contributed by atoms with Gasteiger partial charge in [0.25, 0.3) is 0 Å². The minimum atomic E-state index is 0. The van der Waals surface area contributed by atoms with Gasteiger partial charge in [-0.1, -0.05) is 116 Å². The van der Waals surface area contributed by atoms with E-state index in [1.807, 2.05) is 6.08 Å². The number of hydrogen-bond donors (Lipinski definition) is 0. The molecule has 0 heterocycles. The molecule has 2 heteroatoms. The van der Waals surface area contributed by atoms with Crippen LogP contribution in [-0.4, -0.2) is 43.4 Å². The Balaban J connectivity index is 0. The fourth-order valence-corrected chi connectivity index (χ4v) is 3.46. The first kappa shape index (κ1) is 28.5.